The van der Waals surface area contributed by atoms with E-state index in [-0.39, 0.29) is 23.0 Å². The first-order valence-corrected chi connectivity index (χ1v) is 9.38. The molecule has 150 valence electrons. The minimum absolute atomic E-state index is 0.00271. The lowest BCUT2D eigenvalue weighted by molar-refractivity contribution is 0.0946. The third-order valence-corrected chi connectivity index (χ3v) is 4.67. The minimum atomic E-state index is -2.61. The summed E-state index contributed by atoms with van der Waals surface area (Å²) in [6.07, 6.45) is 0. The van der Waals surface area contributed by atoms with E-state index in [1.807, 2.05) is 4.90 Å². The molecule has 1 aromatic heterocycles. The molecule has 0 spiro atoms. The number of thioether (sulfide) groups is 1. The Balaban J connectivity index is 1.72. The number of hydrogen-bond donors (Lipinski definition) is 1. The first kappa shape index (κ1) is 20.2. The van der Waals surface area contributed by atoms with E-state index < -0.39 is 11.7 Å². The summed E-state index contributed by atoms with van der Waals surface area (Å²) >= 11 is 0.328. The molecule has 1 saturated heterocycles. The average molecular weight is 411 g/mol. The van der Waals surface area contributed by atoms with E-state index in [2.05, 4.69) is 20.3 Å². The van der Waals surface area contributed by atoms with Crippen molar-refractivity contribution in [3.8, 4) is 6.01 Å². The fourth-order valence-electron chi connectivity index (χ4n) is 2.57. The lowest BCUT2D eigenvalue weighted by Gasteiger charge is -2.26. The van der Waals surface area contributed by atoms with Gasteiger partial charge in [0.1, 0.15) is 0 Å². The summed E-state index contributed by atoms with van der Waals surface area (Å²) in [6, 6.07) is 6.33. The number of ether oxygens (including phenoxy) is 2. The number of halogens is 2. The van der Waals surface area contributed by atoms with Gasteiger partial charge < -0.3 is 19.7 Å². The van der Waals surface area contributed by atoms with Crippen LogP contribution in [0, 0.1) is 0 Å². The van der Waals surface area contributed by atoms with Gasteiger partial charge in [-0.3, -0.25) is 4.79 Å². The Morgan fingerprint density at radius 1 is 1.29 bits per heavy atom. The second-order valence-corrected chi connectivity index (χ2v) is 6.73. The van der Waals surface area contributed by atoms with Crippen molar-refractivity contribution in [3.63, 3.8) is 0 Å². The number of anilines is 1. The normalized spacial score (nSPS) is 14.2. The van der Waals surface area contributed by atoms with Crippen molar-refractivity contribution in [3.05, 3.63) is 35.7 Å². The Kier molecular flexibility index (Phi) is 6.93. The van der Waals surface area contributed by atoms with E-state index in [0.717, 1.165) is 0 Å². The smallest absolute Gasteiger partial charge is 0.321 e. The predicted molar refractivity (Wildman–Crippen MR) is 98.9 cm³/mol. The van der Waals surface area contributed by atoms with Gasteiger partial charge in [-0.15, -0.1) is 0 Å². The van der Waals surface area contributed by atoms with Gasteiger partial charge in [-0.2, -0.15) is 23.7 Å². The number of aromatic nitrogens is 3. The molecule has 0 unspecified atom stereocenters. The molecule has 0 atom stereocenters. The Labute approximate surface area is 164 Å². The molecule has 1 aliphatic rings. The van der Waals surface area contributed by atoms with Crippen LogP contribution in [0.4, 0.5) is 14.7 Å². The van der Waals surface area contributed by atoms with Crippen LogP contribution in [-0.2, 0) is 11.3 Å². The van der Waals surface area contributed by atoms with Crippen molar-refractivity contribution < 1.29 is 23.0 Å². The molecule has 0 bridgehead atoms. The van der Waals surface area contributed by atoms with E-state index in [1.54, 1.807) is 12.1 Å². The number of rotatable bonds is 7. The van der Waals surface area contributed by atoms with Crippen LogP contribution in [0.25, 0.3) is 0 Å². The zero-order chi connectivity index (χ0) is 19.9. The predicted octanol–water partition coefficient (Wildman–Crippen LogP) is 1.96. The van der Waals surface area contributed by atoms with E-state index >= 15 is 0 Å². The van der Waals surface area contributed by atoms with Gasteiger partial charge >= 0.3 is 6.01 Å². The first-order valence-electron chi connectivity index (χ1n) is 8.50. The van der Waals surface area contributed by atoms with Gasteiger partial charge in [0.25, 0.3) is 11.7 Å². The minimum Gasteiger partial charge on any atom is -0.467 e. The van der Waals surface area contributed by atoms with Crippen LogP contribution in [0.5, 0.6) is 6.01 Å². The Bertz CT molecular complexity index is 821. The molecule has 28 heavy (non-hydrogen) atoms. The van der Waals surface area contributed by atoms with Crippen LogP contribution in [0.15, 0.2) is 29.2 Å². The zero-order valence-electron chi connectivity index (χ0n) is 15.1. The van der Waals surface area contributed by atoms with Gasteiger partial charge in [0.15, 0.2) is 5.82 Å². The van der Waals surface area contributed by atoms with E-state index in [4.69, 9.17) is 9.47 Å². The van der Waals surface area contributed by atoms with Crippen molar-refractivity contribution in [1.82, 2.24) is 20.3 Å². The van der Waals surface area contributed by atoms with Crippen LogP contribution in [0.3, 0.4) is 0 Å². The lowest BCUT2D eigenvalue weighted by atomic mass is 10.2. The van der Waals surface area contributed by atoms with Crippen LogP contribution in [-0.4, -0.2) is 60.0 Å². The number of methoxy groups -OCH3 is 1. The molecule has 2 aromatic rings. The highest BCUT2D eigenvalue weighted by Crippen LogP contribution is 2.28. The number of morpholine rings is 1. The number of carbonyl (C=O) groups is 1. The molecule has 1 aromatic carbocycles. The molecular formula is C17H19F2N5O3S. The van der Waals surface area contributed by atoms with Crippen molar-refractivity contribution in [2.45, 2.75) is 17.2 Å². The van der Waals surface area contributed by atoms with Crippen molar-refractivity contribution in [2.75, 3.05) is 38.3 Å². The Hall–Kier alpha value is -2.53. The number of nitrogens with one attached hydrogen (secondary N) is 1. The molecule has 1 aliphatic heterocycles. The average Bonchev–Trinajstić information content (AvgIpc) is 2.72. The van der Waals surface area contributed by atoms with Crippen LogP contribution >= 0.6 is 11.8 Å². The summed E-state index contributed by atoms with van der Waals surface area (Å²) < 4.78 is 35.8. The molecule has 8 nitrogen and oxygen atoms in total. The van der Waals surface area contributed by atoms with E-state index in [0.29, 0.717) is 49.8 Å². The summed E-state index contributed by atoms with van der Waals surface area (Å²) in [5, 5.41) is 2.66. The Morgan fingerprint density at radius 3 is 2.75 bits per heavy atom. The van der Waals surface area contributed by atoms with Gasteiger partial charge in [-0.05, 0) is 12.1 Å². The standard InChI is InChI=1S/C17H19F2N5O3S/c1-26-17-22-13(21-16(23-17)24-6-8-27-9-7-24)10-20-14(25)11-4-2-3-5-12(11)28-15(18)19/h2-5,15H,6-10H2,1H3,(H,20,25). The summed E-state index contributed by atoms with van der Waals surface area (Å²) in [5.74, 6) is -2.36. The van der Waals surface area contributed by atoms with Crippen LogP contribution in [0.1, 0.15) is 16.2 Å². The van der Waals surface area contributed by atoms with Gasteiger partial charge in [-0.1, -0.05) is 23.9 Å². The number of amides is 1. The molecular weight excluding hydrogens is 392 g/mol. The van der Waals surface area contributed by atoms with Gasteiger partial charge in [-0.25, -0.2) is 0 Å². The fraction of sp³-hybridized carbons (Fsp3) is 0.412. The van der Waals surface area contributed by atoms with E-state index in [9.17, 15) is 13.6 Å². The highest BCUT2D eigenvalue weighted by molar-refractivity contribution is 7.99. The quantitative estimate of drug-likeness (QED) is 0.692. The number of alkyl halides is 2. The zero-order valence-corrected chi connectivity index (χ0v) is 15.9. The molecule has 0 aliphatic carbocycles. The first-order chi connectivity index (χ1) is 13.6. The third kappa shape index (κ3) is 5.26. The van der Waals surface area contributed by atoms with Crippen molar-refractivity contribution in [2.24, 2.45) is 0 Å². The number of nitrogens with zero attached hydrogens (tertiary/aromatic N) is 4. The molecule has 0 radical (unpaired) electrons. The van der Waals surface area contributed by atoms with Crippen LogP contribution < -0.4 is 15.0 Å². The molecule has 3 rings (SSSR count). The summed E-state index contributed by atoms with van der Waals surface area (Å²) in [7, 11) is 1.44. The topological polar surface area (TPSA) is 89.5 Å². The number of benzene rings is 1. The second kappa shape index (κ2) is 9.60. The lowest BCUT2D eigenvalue weighted by Crippen LogP contribution is -2.37. The van der Waals surface area contributed by atoms with Gasteiger partial charge in [0, 0.05) is 18.0 Å². The summed E-state index contributed by atoms with van der Waals surface area (Å²) in [5.41, 5.74) is 0.169. The molecule has 1 fully saturated rings. The fourth-order valence-corrected chi connectivity index (χ4v) is 3.21. The number of hydrogen-bond acceptors (Lipinski definition) is 8. The van der Waals surface area contributed by atoms with Crippen molar-refractivity contribution >= 4 is 23.6 Å². The summed E-state index contributed by atoms with van der Waals surface area (Å²) in [6.45, 7) is 2.41. The SMILES string of the molecule is COc1nc(CNC(=O)c2ccccc2SC(F)F)nc(N2CCOCC2)n1. The highest BCUT2D eigenvalue weighted by Gasteiger charge is 2.18. The highest BCUT2D eigenvalue weighted by atomic mass is 32.2. The van der Waals surface area contributed by atoms with Gasteiger partial charge in [0.05, 0.1) is 32.4 Å². The van der Waals surface area contributed by atoms with Crippen molar-refractivity contribution in [1.29, 1.82) is 0 Å². The molecule has 1 amide bonds. The largest absolute Gasteiger partial charge is 0.467 e. The van der Waals surface area contributed by atoms with Gasteiger partial charge in [0.2, 0.25) is 5.95 Å². The number of carbonyl (C=O) groups excluding carboxylic acids is 1. The van der Waals surface area contributed by atoms with E-state index in [1.165, 1.54) is 19.2 Å². The molecule has 0 saturated carbocycles. The monoisotopic (exact) mass is 411 g/mol. The molecule has 1 N–H and O–H groups in total. The summed E-state index contributed by atoms with van der Waals surface area (Å²) in [4.78, 5) is 27.4. The third-order valence-electron chi connectivity index (χ3n) is 3.88. The maximum atomic E-state index is 12.7. The van der Waals surface area contributed by atoms with Crippen LogP contribution in [0.2, 0.25) is 0 Å². The molecule has 2 heterocycles. The molecule has 11 heteroatoms. The Morgan fingerprint density at radius 2 is 2.04 bits per heavy atom. The second-order valence-electron chi connectivity index (χ2n) is 5.70. The maximum Gasteiger partial charge on any atom is 0.321 e. The maximum absolute atomic E-state index is 12.7.